The van der Waals surface area contributed by atoms with Gasteiger partial charge in [0.1, 0.15) is 0 Å². The van der Waals surface area contributed by atoms with Gasteiger partial charge >= 0.3 is 6.03 Å². The van der Waals surface area contributed by atoms with E-state index in [4.69, 9.17) is 29.0 Å². The van der Waals surface area contributed by atoms with Crippen molar-refractivity contribution in [3.8, 4) is 0 Å². The predicted octanol–water partition coefficient (Wildman–Crippen LogP) is 2.00. The molecule has 0 radical (unpaired) electrons. The highest BCUT2D eigenvalue weighted by molar-refractivity contribution is 6.42. The van der Waals surface area contributed by atoms with Crippen LogP contribution in [0.3, 0.4) is 0 Å². The van der Waals surface area contributed by atoms with E-state index in [1.807, 2.05) is 5.43 Å². The third kappa shape index (κ3) is 2.99. The number of carbonyl (C=O) groups is 1. The highest BCUT2D eigenvalue weighted by Gasteiger charge is 1.97. The number of nitrogens with one attached hydrogen (secondary N) is 1. The number of amides is 2. The minimum atomic E-state index is -0.629. The molecule has 4 nitrogen and oxygen atoms in total. The summed E-state index contributed by atoms with van der Waals surface area (Å²) in [5.74, 6) is 4.83. The maximum absolute atomic E-state index is 10.6. The molecule has 0 unspecified atom stereocenters. The van der Waals surface area contributed by atoms with Crippen molar-refractivity contribution < 1.29 is 4.79 Å². The van der Waals surface area contributed by atoms with Crippen molar-refractivity contribution in [1.29, 1.82) is 0 Å². The molecule has 0 heterocycles. The zero-order chi connectivity index (χ0) is 10.6. The van der Waals surface area contributed by atoms with E-state index in [9.17, 15) is 4.79 Å². The van der Waals surface area contributed by atoms with Crippen molar-refractivity contribution in [3.05, 3.63) is 33.8 Å². The zero-order valence-electron chi connectivity index (χ0n) is 7.00. The molecule has 0 atom stereocenters. The Morgan fingerprint density at radius 3 is 2.71 bits per heavy atom. The van der Waals surface area contributed by atoms with E-state index in [0.29, 0.717) is 15.6 Å². The van der Waals surface area contributed by atoms with Crippen LogP contribution in [0.25, 0.3) is 0 Å². The van der Waals surface area contributed by atoms with Crippen molar-refractivity contribution in [2.45, 2.75) is 0 Å². The van der Waals surface area contributed by atoms with Gasteiger partial charge in [0.2, 0.25) is 0 Å². The number of benzene rings is 1. The lowest BCUT2D eigenvalue weighted by atomic mass is 10.2. The maximum atomic E-state index is 10.6. The van der Waals surface area contributed by atoms with Gasteiger partial charge in [-0.1, -0.05) is 29.3 Å². The molecule has 74 valence electrons. The van der Waals surface area contributed by atoms with Crippen LogP contribution < -0.4 is 11.3 Å². The van der Waals surface area contributed by atoms with Crippen molar-refractivity contribution in [2.24, 2.45) is 10.8 Å². The Morgan fingerprint density at radius 1 is 1.43 bits per heavy atom. The maximum Gasteiger partial charge on any atom is 0.355 e. The Hall–Kier alpha value is -1.10. The molecular weight excluding hydrogens is 225 g/mol. The summed E-state index contributed by atoms with van der Waals surface area (Å²) < 4.78 is 0. The minimum Gasteiger partial charge on any atom is -0.274 e. The smallest absolute Gasteiger partial charge is 0.274 e. The molecule has 6 heteroatoms. The van der Waals surface area contributed by atoms with E-state index in [1.165, 1.54) is 6.21 Å². The van der Waals surface area contributed by atoms with Crippen LogP contribution in [0.15, 0.2) is 23.2 Å². The summed E-state index contributed by atoms with van der Waals surface area (Å²) >= 11 is 11.4. The highest BCUT2D eigenvalue weighted by atomic mass is 35.5. The molecule has 2 amide bonds. The number of hydrogen-bond donors (Lipinski definition) is 2. The van der Waals surface area contributed by atoms with E-state index in [-0.39, 0.29) is 0 Å². The lowest BCUT2D eigenvalue weighted by Crippen LogP contribution is -2.26. The van der Waals surface area contributed by atoms with Gasteiger partial charge in [-0.3, -0.25) is 5.43 Å². The Morgan fingerprint density at radius 2 is 2.14 bits per heavy atom. The second kappa shape index (κ2) is 4.95. The first-order chi connectivity index (χ1) is 6.63. The highest BCUT2D eigenvalue weighted by Crippen LogP contribution is 2.21. The van der Waals surface area contributed by atoms with E-state index in [2.05, 4.69) is 4.99 Å². The molecule has 0 spiro atoms. The minimum absolute atomic E-state index is 0.406. The lowest BCUT2D eigenvalue weighted by Gasteiger charge is -1.96. The number of nitrogens with two attached hydrogens (primary N) is 1. The van der Waals surface area contributed by atoms with Gasteiger partial charge in [-0.15, -0.1) is 0 Å². The number of carbonyl (C=O) groups excluding carboxylic acids is 1. The van der Waals surface area contributed by atoms with E-state index >= 15 is 0 Å². The topological polar surface area (TPSA) is 67.5 Å². The van der Waals surface area contributed by atoms with Crippen LogP contribution in [0.4, 0.5) is 4.79 Å². The van der Waals surface area contributed by atoms with Gasteiger partial charge < -0.3 is 0 Å². The van der Waals surface area contributed by atoms with Crippen molar-refractivity contribution in [1.82, 2.24) is 5.43 Å². The summed E-state index contributed by atoms with van der Waals surface area (Å²) in [5.41, 5.74) is 2.53. The van der Waals surface area contributed by atoms with Crippen LogP contribution in [-0.4, -0.2) is 12.2 Å². The second-order valence-corrected chi connectivity index (χ2v) is 3.20. The summed E-state index contributed by atoms with van der Waals surface area (Å²) in [6.45, 7) is 0. The average molecular weight is 232 g/mol. The fourth-order valence-electron chi connectivity index (χ4n) is 0.763. The van der Waals surface area contributed by atoms with Gasteiger partial charge in [0.05, 0.1) is 10.0 Å². The molecule has 0 aliphatic carbocycles. The summed E-state index contributed by atoms with van der Waals surface area (Å²) in [4.78, 5) is 14.1. The number of halogens is 2. The molecule has 0 saturated heterocycles. The Labute approximate surface area is 90.7 Å². The number of aliphatic imine (C=N–C) groups is 1. The van der Waals surface area contributed by atoms with E-state index in [0.717, 1.165) is 0 Å². The third-order valence-corrected chi connectivity index (χ3v) is 2.14. The normalized spacial score (nSPS) is 10.5. The standard InChI is InChI=1S/C8H7Cl2N3O/c9-6-2-1-5(3-7(6)10)4-12-8(14)13-11/h1-4H,11H2,(H,13,14). The fourth-order valence-corrected chi connectivity index (χ4v) is 1.07. The molecule has 0 aromatic heterocycles. The fraction of sp³-hybridized carbons (Fsp3) is 0. The van der Waals surface area contributed by atoms with E-state index < -0.39 is 6.03 Å². The van der Waals surface area contributed by atoms with Crippen LogP contribution in [0.1, 0.15) is 5.56 Å². The van der Waals surface area contributed by atoms with Crippen LogP contribution in [0.5, 0.6) is 0 Å². The number of hydrazine groups is 1. The Kier molecular flexibility index (Phi) is 3.88. The largest absolute Gasteiger partial charge is 0.355 e. The first-order valence-electron chi connectivity index (χ1n) is 3.63. The monoisotopic (exact) mass is 231 g/mol. The second-order valence-electron chi connectivity index (χ2n) is 2.38. The summed E-state index contributed by atoms with van der Waals surface area (Å²) in [6.07, 6.45) is 1.34. The Balaban J connectivity index is 2.83. The van der Waals surface area contributed by atoms with Crippen LogP contribution in [-0.2, 0) is 0 Å². The molecule has 0 aliphatic rings. The molecular formula is C8H7Cl2N3O. The SMILES string of the molecule is NNC(=O)N=Cc1ccc(Cl)c(Cl)c1. The molecule has 0 aliphatic heterocycles. The molecule has 1 aromatic rings. The van der Waals surface area contributed by atoms with Gasteiger partial charge in [0.15, 0.2) is 0 Å². The van der Waals surface area contributed by atoms with Crippen molar-refractivity contribution >= 4 is 35.4 Å². The first-order valence-corrected chi connectivity index (χ1v) is 4.39. The van der Waals surface area contributed by atoms with Gasteiger partial charge in [0.25, 0.3) is 0 Å². The van der Waals surface area contributed by atoms with Gasteiger partial charge in [-0.05, 0) is 17.7 Å². The number of hydrogen-bond acceptors (Lipinski definition) is 2. The number of rotatable bonds is 1. The van der Waals surface area contributed by atoms with Gasteiger partial charge in [-0.25, -0.2) is 15.6 Å². The summed E-state index contributed by atoms with van der Waals surface area (Å²) in [5, 5.41) is 0.857. The molecule has 1 aromatic carbocycles. The summed E-state index contributed by atoms with van der Waals surface area (Å²) in [7, 11) is 0. The van der Waals surface area contributed by atoms with Gasteiger partial charge in [0, 0.05) is 6.21 Å². The lowest BCUT2D eigenvalue weighted by molar-refractivity contribution is 0.249. The van der Waals surface area contributed by atoms with Gasteiger partial charge in [-0.2, -0.15) is 0 Å². The van der Waals surface area contributed by atoms with Crippen molar-refractivity contribution in [3.63, 3.8) is 0 Å². The molecule has 0 saturated carbocycles. The average Bonchev–Trinajstić information content (AvgIpc) is 2.19. The molecule has 14 heavy (non-hydrogen) atoms. The Bertz CT molecular complexity index is 379. The summed E-state index contributed by atoms with van der Waals surface area (Å²) in [6, 6.07) is 4.26. The predicted molar refractivity (Wildman–Crippen MR) is 56.8 cm³/mol. The van der Waals surface area contributed by atoms with Crippen LogP contribution in [0.2, 0.25) is 10.0 Å². The quantitative estimate of drug-likeness (QED) is 0.336. The van der Waals surface area contributed by atoms with Crippen molar-refractivity contribution in [2.75, 3.05) is 0 Å². The van der Waals surface area contributed by atoms with Crippen LogP contribution in [0, 0.1) is 0 Å². The third-order valence-electron chi connectivity index (χ3n) is 1.40. The molecule has 0 fully saturated rings. The number of nitrogens with zero attached hydrogens (tertiary/aromatic N) is 1. The zero-order valence-corrected chi connectivity index (χ0v) is 8.51. The molecule has 0 bridgehead atoms. The number of urea groups is 1. The first kappa shape index (κ1) is 11.0. The van der Waals surface area contributed by atoms with Crippen LogP contribution >= 0.6 is 23.2 Å². The molecule has 3 N–H and O–H groups in total. The van der Waals surface area contributed by atoms with E-state index in [1.54, 1.807) is 18.2 Å². The molecule has 1 rings (SSSR count).